The van der Waals surface area contributed by atoms with Gasteiger partial charge in [-0.05, 0) is 12.1 Å². The number of hydrogen-bond acceptors (Lipinski definition) is 3. The number of nitrogens with zero attached hydrogens (tertiary/aromatic N) is 1. The highest BCUT2D eigenvalue weighted by molar-refractivity contribution is 5.87. The molecule has 0 saturated carbocycles. The first kappa shape index (κ1) is 10.7. The minimum Gasteiger partial charge on any atom is -0.464 e. The lowest BCUT2D eigenvalue weighted by molar-refractivity contribution is -0.118. The number of carbonyl (C=O) groups is 1. The van der Waals surface area contributed by atoms with Crippen molar-refractivity contribution in [2.75, 3.05) is 6.54 Å². The summed E-state index contributed by atoms with van der Waals surface area (Å²) in [6.07, 6.45) is 7.36. The van der Waals surface area contributed by atoms with Gasteiger partial charge < -0.3 is 15.4 Å². The molecule has 4 heteroatoms. The number of carbonyl (C=O) groups excluding carboxylic acids is 1. The monoisotopic (exact) mass is 240 g/mol. The fraction of sp³-hybridized carbons (Fsp3) is 0.0714. The van der Waals surface area contributed by atoms with Crippen LogP contribution in [0.5, 0.6) is 5.75 Å². The van der Waals surface area contributed by atoms with Crippen LogP contribution in [-0.2, 0) is 4.79 Å². The normalized spacial score (nSPS) is 16.1. The molecule has 90 valence electrons. The second-order valence-corrected chi connectivity index (χ2v) is 4.18. The summed E-state index contributed by atoms with van der Waals surface area (Å²) < 4.78 is 5.54. The van der Waals surface area contributed by atoms with Crippen molar-refractivity contribution < 1.29 is 9.53 Å². The van der Waals surface area contributed by atoms with Crippen molar-refractivity contribution in [2.24, 2.45) is 5.73 Å². The van der Waals surface area contributed by atoms with Gasteiger partial charge >= 0.3 is 0 Å². The van der Waals surface area contributed by atoms with Gasteiger partial charge in [-0.15, -0.1) is 0 Å². The zero-order valence-electron chi connectivity index (χ0n) is 9.67. The van der Waals surface area contributed by atoms with E-state index in [0.717, 1.165) is 22.5 Å². The molecule has 0 radical (unpaired) electrons. The zero-order valence-corrected chi connectivity index (χ0v) is 9.67. The van der Waals surface area contributed by atoms with E-state index in [2.05, 4.69) is 0 Å². The van der Waals surface area contributed by atoms with Crippen molar-refractivity contribution in [2.45, 2.75) is 0 Å². The molecule has 2 aliphatic heterocycles. The number of hydrogen-bond donors (Lipinski definition) is 1. The van der Waals surface area contributed by atoms with E-state index >= 15 is 0 Å². The molecule has 1 amide bonds. The third-order valence-corrected chi connectivity index (χ3v) is 2.88. The summed E-state index contributed by atoms with van der Waals surface area (Å²) in [5.74, 6) is 0.464. The first-order chi connectivity index (χ1) is 8.74. The molecular weight excluding hydrogens is 228 g/mol. The molecule has 0 aliphatic carbocycles. The SMILES string of the molecule is NC(=O)CN1C=CC2=COc3ccccc3C2=C1. The first-order valence-electron chi connectivity index (χ1n) is 5.65. The summed E-state index contributed by atoms with van der Waals surface area (Å²) in [6.45, 7) is 0.177. The molecular formula is C14H12N2O2. The number of nitrogens with two attached hydrogens (primary N) is 1. The molecule has 0 spiro atoms. The quantitative estimate of drug-likeness (QED) is 0.854. The molecule has 1 aromatic carbocycles. The Kier molecular flexibility index (Phi) is 2.41. The minimum atomic E-state index is -0.357. The maximum absolute atomic E-state index is 11.0. The van der Waals surface area contributed by atoms with Gasteiger partial charge in [0.05, 0.1) is 6.26 Å². The fourth-order valence-corrected chi connectivity index (χ4v) is 2.07. The van der Waals surface area contributed by atoms with Gasteiger partial charge in [-0.25, -0.2) is 0 Å². The lowest BCUT2D eigenvalue weighted by atomic mass is 9.95. The molecule has 1 aromatic rings. The summed E-state index contributed by atoms with van der Waals surface area (Å²) in [6, 6.07) is 7.80. The van der Waals surface area contributed by atoms with Crippen molar-refractivity contribution in [1.82, 2.24) is 4.90 Å². The molecule has 0 saturated heterocycles. The summed E-state index contributed by atoms with van der Waals surface area (Å²) in [5, 5.41) is 0. The number of primary amides is 1. The van der Waals surface area contributed by atoms with E-state index in [1.807, 2.05) is 42.7 Å². The molecule has 2 N–H and O–H groups in total. The van der Waals surface area contributed by atoms with Crippen molar-refractivity contribution in [3.8, 4) is 5.75 Å². The van der Waals surface area contributed by atoms with Crippen molar-refractivity contribution in [3.05, 3.63) is 60.1 Å². The van der Waals surface area contributed by atoms with Crippen LogP contribution in [0, 0.1) is 0 Å². The van der Waals surface area contributed by atoms with Gasteiger partial charge in [0, 0.05) is 29.1 Å². The van der Waals surface area contributed by atoms with E-state index in [-0.39, 0.29) is 12.5 Å². The Morgan fingerprint density at radius 1 is 1.33 bits per heavy atom. The van der Waals surface area contributed by atoms with Gasteiger partial charge in [0.2, 0.25) is 5.91 Å². The predicted molar refractivity (Wildman–Crippen MR) is 68.2 cm³/mol. The first-order valence-corrected chi connectivity index (χ1v) is 5.65. The smallest absolute Gasteiger partial charge is 0.237 e. The van der Waals surface area contributed by atoms with Crippen molar-refractivity contribution >= 4 is 11.5 Å². The topological polar surface area (TPSA) is 55.6 Å². The molecule has 0 bridgehead atoms. The van der Waals surface area contributed by atoms with E-state index in [1.54, 1.807) is 11.2 Å². The summed E-state index contributed by atoms with van der Waals surface area (Å²) >= 11 is 0. The molecule has 3 rings (SSSR count). The lowest BCUT2D eigenvalue weighted by Gasteiger charge is -2.25. The number of ether oxygens (including phenoxy) is 1. The molecule has 2 aliphatic rings. The molecule has 0 aromatic heterocycles. The standard InChI is InChI=1S/C14H12N2O2/c15-14(17)8-16-6-5-10-9-18-13-4-2-1-3-11(13)12(10)7-16/h1-7,9H,8H2,(H2,15,17). The second kappa shape index (κ2) is 4.07. The Labute approximate surface area is 105 Å². The Morgan fingerprint density at radius 2 is 2.17 bits per heavy atom. The van der Waals surface area contributed by atoms with Crippen LogP contribution in [0.1, 0.15) is 5.56 Å². The Morgan fingerprint density at radius 3 is 3.00 bits per heavy atom. The van der Waals surface area contributed by atoms with E-state index in [9.17, 15) is 4.79 Å². The van der Waals surface area contributed by atoms with Crippen molar-refractivity contribution in [1.29, 1.82) is 0 Å². The number of para-hydroxylation sites is 1. The summed E-state index contributed by atoms with van der Waals surface area (Å²) in [7, 11) is 0. The van der Waals surface area contributed by atoms with Crippen LogP contribution >= 0.6 is 0 Å². The molecule has 2 heterocycles. The highest BCUT2D eigenvalue weighted by Gasteiger charge is 2.20. The Bertz CT molecular complexity index is 600. The van der Waals surface area contributed by atoms with Gasteiger partial charge in [0.1, 0.15) is 12.3 Å². The van der Waals surface area contributed by atoms with Crippen molar-refractivity contribution in [3.63, 3.8) is 0 Å². The van der Waals surface area contributed by atoms with Crippen LogP contribution in [0.4, 0.5) is 0 Å². The lowest BCUT2D eigenvalue weighted by Crippen LogP contribution is -2.28. The second-order valence-electron chi connectivity index (χ2n) is 4.18. The average molecular weight is 240 g/mol. The van der Waals surface area contributed by atoms with Gasteiger partial charge in [-0.2, -0.15) is 0 Å². The third kappa shape index (κ3) is 1.78. The van der Waals surface area contributed by atoms with Gasteiger partial charge in [-0.3, -0.25) is 4.79 Å². The number of amides is 1. The van der Waals surface area contributed by atoms with Crippen LogP contribution in [0.2, 0.25) is 0 Å². The largest absolute Gasteiger partial charge is 0.464 e. The molecule has 18 heavy (non-hydrogen) atoms. The maximum Gasteiger partial charge on any atom is 0.237 e. The van der Waals surface area contributed by atoms with Crippen LogP contribution in [0.15, 0.2) is 54.6 Å². The van der Waals surface area contributed by atoms with E-state index in [4.69, 9.17) is 10.5 Å². The minimum absolute atomic E-state index is 0.177. The highest BCUT2D eigenvalue weighted by Crippen LogP contribution is 2.37. The Balaban J connectivity index is 2.01. The summed E-state index contributed by atoms with van der Waals surface area (Å²) in [5.41, 5.74) is 8.26. The fourth-order valence-electron chi connectivity index (χ4n) is 2.07. The average Bonchev–Trinajstić information content (AvgIpc) is 2.38. The highest BCUT2D eigenvalue weighted by atomic mass is 16.5. The van der Waals surface area contributed by atoms with Crippen LogP contribution in [0.3, 0.4) is 0 Å². The molecule has 0 unspecified atom stereocenters. The predicted octanol–water partition coefficient (Wildman–Crippen LogP) is 1.62. The van der Waals surface area contributed by atoms with E-state index < -0.39 is 0 Å². The van der Waals surface area contributed by atoms with E-state index in [1.165, 1.54) is 0 Å². The van der Waals surface area contributed by atoms with Gasteiger partial charge in [0.25, 0.3) is 0 Å². The number of rotatable bonds is 2. The molecule has 4 nitrogen and oxygen atoms in total. The van der Waals surface area contributed by atoms with Crippen LogP contribution in [-0.4, -0.2) is 17.4 Å². The van der Waals surface area contributed by atoms with Gasteiger partial charge in [-0.1, -0.05) is 18.2 Å². The number of fused-ring (bicyclic) bond motifs is 3. The number of benzene rings is 1. The molecule has 0 fully saturated rings. The zero-order chi connectivity index (χ0) is 12.5. The van der Waals surface area contributed by atoms with Crippen LogP contribution in [0.25, 0.3) is 5.57 Å². The van der Waals surface area contributed by atoms with E-state index in [0.29, 0.717) is 0 Å². The van der Waals surface area contributed by atoms with Gasteiger partial charge in [0.15, 0.2) is 0 Å². The number of allylic oxidation sites excluding steroid dienone is 3. The molecule has 0 atom stereocenters. The van der Waals surface area contributed by atoms with Crippen LogP contribution < -0.4 is 10.5 Å². The Hall–Kier alpha value is -2.49. The third-order valence-electron chi connectivity index (χ3n) is 2.88. The summed E-state index contributed by atoms with van der Waals surface area (Å²) in [4.78, 5) is 12.7. The maximum atomic E-state index is 11.0.